The minimum Gasteiger partial charge on any atom is -0.195 e. The summed E-state index contributed by atoms with van der Waals surface area (Å²) in [5.41, 5.74) is 0. The molecule has 0 bridgehead atoms. The maximum atomic E-state index is 9.16. The van der Waals surface area contributed by atoms with Crippen molar-refractivity contribution < 1.29 is 16.8 Å². The Balaban J connectivity index is 0. The maximum absolute atomic E-state index is 9.16. The highest BCUT2D eigenvalue weighted by Crippen LogP contribution is 2.05. The highest BCUT2D eigenvalue weighted by Gasteiger charge is 1.89. The van der Waals surface area contributed by atoms with E-state index in [1.807, 2.05) is 30.3 Å². The van der Waals surface area contributed by atoms with Crippen LogP contribution in [-0.2, 0) is 16.5 Å². The fraction of sp³-hybridized carbons (Fsp3) is 0. The summed E-state index contributed by atoms with van der Waals surface area (Å²) in [5.74, 6) is 0. The highest BCUT2D eigenvalue weighted by atomic mass is 79.9. The van der Waals surface area contributed by atoms with Crippen LogP contribution in [-0.4, -0.2) is 16.8 Å². The third-order valence-corrected chi connectivity index (χ3v) is 1.26. The van der Waals surface area contributed by atoms with Crippen LogP contribution in [0, 0.1) is 0 Å². The largest absolute Gasteiger partial charge is 0.317 e. The number of halogens is 5. The molecule has 0 aromatic heterocycles. The normalized spacial score (nSPS) is 10.4. The Morgan fingerprint density at radius 3 is 1.12 bits per heavy atom. The molecule has 0 saturated carbocycles. The van der Waals surface area contributed by atoms with Gasteiger partial charge in [-0.1, -0.05) is 34.1 Å². The summed E-state index contributed by atoms with van der Waals surface area (Å²) >= 11 is 3.31. The van der Waals surface area contributed by atoms with Gasteiger partial charge in [-0.05, 0) is 12.1 Å². The van der Waals surface area contributed by atoms with Crippen LogP contribution in [0.3, 0.4) is 0 Å². The van der Waals surface area contributed by atoms with Crippen molar-refractivity contribution in [1.82, 2.24) is 0 Å². The van der Waals surface area contributed by atoms with Crippen molar-refractivity contribution in [1.29, 1.82) is 0 Å². The highest BCUT2D eigenvalue weighted by molar-refractivity contribution is 9.10. The fourth-order valence-electron chi connectivity index (χ4n) is 0.415. The lowest BCUT2D eigenvalue weighted by Crippen LogP contribution is -1.63. The molecule has 4 nitrogen and oxygen atoms in total. The molecule has 1 aromatic carbocycles. The molecule has 0 aliphatic rings. The molecule has 17 heavy (non-hydrogen) atoms. The first-order chi connectivity index (χ1) is 7.39. The van der Waals surface area contributed by atoms with E-state index < -0.39 is 16.5 Å². The van der Waals surface area contributed by atoms with E-state index in [2.05, 4.69) is 58.7 Å². The summed E-state index contributed by atoms with van der Waals surface area (Å²) in [6.45, 7) is 0. The van der Waals surface area contributed by atoms with E-state index >= 15 is 0 Å². The lowest BCUT2D eigenvalue weighted by molar-refractivity contribution is 0.620. The molecule has 0 saturated heterocycles. The molecule has 1 aromatic rings. The number of rotatable bonds is 0. The molecule has 0 spiro atoms. The van der Waals surface area contributed by atoms with Crippen LogP contribution in [0.1, 0.15) is 0 Å². The molecule has 1 rings (SSSR count). The first kappa shape index (κ1) is 20.1. The van der Waals surface area contributed by atoms with Crippen molar-refractivity contribution in [2.24, 2.45) is 0 Å². The molecular weight excluding hydrogens is 422 g/mol. The van der Waals surface area contributed by atoms with Gasteiger partial charge in [0.05, 0.1) is 0 Å². The minimum atomic E-state index is -3.72. The van der Waals surface area contributed by atoms with Crippen LogP contribution in [0.25, 0.3) is 0 Å². The SMILES string of the molecule is Brc1ccccc1.O=S(=O)(Cl)Cl.O=S(=O)(Cl)Cl. The summed E-state index contributed by atoms with van der Waals surface area (Å²) in [6, 6.07) is 9.97. The lowest BCUT2D eigenvalue weighted by atomic mass is 10.4. The van der Waals surface area contributed by atoms with Gasteiger partial charge in [-0.2, -0.15) is 16.8 Å². The van der Waals surface area contributed by atoms with Crippen LogP contribution in [0.5, 0.6) is 0 Å². The summed E-state index contributed by atoms with van der Waals surface area (Å²) in [4.78, 5) is 0. The smallest absolute Gasteiger partial charge is 0.195 e. The molecule has 0 amide bonds. The van der Waals surface area contributed by atoms with Crippen molar-refractivity contribution in [2.75, 3.05) is 0 Å². The van der Waals surface area contributed by atoms with Crippen molar-refractivity contribution in [3.63, 3.8) is 0 Å². The molecular formula is C6H5BrCl4O4S2. The van der Waals surface area contributed by atoms with E-state index in [4.69, 9.17) is 16.8 Å². The third kappa shape index (κ3) is 47.6. The Morgan fingerprint density at radius 2 is 1.00 bits per heavy atom. The van der Waals surface area contributed by atoms with E-state index in [0.29, 0.717) is 0 Å². The average Bonchev–Trinajstić information content (AvgIpc) is 1.98. The van der Waals surface area contributed by atoms with Crippen LogP contribution >= 0.6 is 58.7 Å². The molecule has 11 heteroatoms. The standard InChI is InChI=1S/C6H5Br.2Cl2O2S/c7-6-4-2-1-3-5-6;2*1-5(2,3)4/h1-5H;;. The van der Waals surface area contributed by atoms with Gasteiger partial charge in [0.1, 0.15) is 0 Å². The van der Waals surface area contributed by atoms with Crippen molar-refractivity contribution in [2.45, 2.75) is 0 Å². The zero-order valence-corrected chi connectivity index (χ0v) is 14.0. The fourth-order valence-corrected chi connectivity index (χ4v) is 0.720. The number of hydrogen-bond acceptors (Lipinski definition) is 4. The summed E-state index contributed by atoms with van der Waals surface area (Å²) < 4.78 is 37.8. The molecule has 0 atom stereocenters. The van der Waals surface area contributed by atoms with E-state index in [-0.39, 0.29) is 0 Å². The third-order valence-electron chi connectivity index (χ3n) is 0.733. The molecule has 0 radical (unpaired) electrons. The Labute approximate surface area is 126 Å². The Kier molecular flexibility index (Phi) is 11.4. The first-order valence-corrected chi connectivity index (χ1v) is 10.4. The van der Waals surface area contributed by atoms with Gasteiger partial charge < -0.3 is 0 Å². The van der Waals surface area contributed by atoms with E-state index in [9.17, 15) is 0 Å². The summed E-state index contributed by atoms with van der Waals surface area (Å²) in [6.07, 6.45) is 0. The second-order valence-electron chi connectivity index (χ2n) is 2.05. The zero-order chi connectivity index (χ0) is 14.1. The van der Waals surface area contributed by atoms with E-state index in [1.54, 1.807) is 0 Å². The van der Waals surface area contributed by atoms with Gasteiger partial charge in [0.25, 0.3) is 0 Å². The summed E-state index contributed by atoms with van der Waals surface area (Å²) in [5, 5.41) is 0. The predicted octanol–water partition coefficient (Wildman–Crippen LogP) is 3.87. The Bertz CT molecular complexity index is 456. The number of hydrogen-bond donors (Lipinski definition) is 0. The molecule has 0 fully saturated rings. The molecule has 0 unspecified atom stereocenters. The van der Waals surface area contributed by atoms with Gasteiger partial charge in [0.2, 0.25) is 0 Å². The predicted molar refractivity (Wildman–Crippen MR) is 75.4 cm³/mol. The van der Waals surface area contributed by atoms with Crippen molar-refractivity contribution in [3.05, 3.63) is 34.8 Å². The van der Waals surface area contributed by atoms with Crippen LogP contribution in [0.15, 0.2) is 34.8 Å². The Hall–Kier alpha value is 0.760. The topological polar surface area (TPSA) is 68.3 Å². The molecule has 0 N–H and O–H groups in total. The van der Waals surface area contributed by atoms with Crippen molar-refractivity contribution >= 4 is 75.2 Å². The Morgan fingerprint density at radius 1 is 0.765 bits per heavy atom. The second-order valence-corrected chi connectivity index (χ2v) is 10.3. The lowest BCUT2D eigenvalue weighted by Gasteiger charge is -1.80. The second kappa shape index (κ2) is 9.66. The van der Waals surface area contributed by atoms with Gasteiger partial charge in [-0.15, -0.1) is 0 Å². The minimum absolute atomic E-state index is 1.13. The molecule has 0 aliphatic heterocycles. The van der Waals surface area contributed by atoms with Gasteiger partial charge in [0, 0.05) is 47.2 Å². The van der Waals surface area contributed by atoms with Gasteiger partial charge in [-0.3, -0.25) is 0 Å². The van der Waals surface area contributed by atoms with E-state index in [1.165, 1.54) is 0 Å². The number of benzene rings is 1. The first-order valence-electron chi connectivity index (χ1n) is 3.38. The van der Waals surface area contributed by atoms with Gasteiger partial charge in [-0.25, -0.2) is 0 Å². The van der Waals surface area contributed by atoms with Crippen LogP contribution in [0.4, 0.5) is 0 Å². The average molecular weight is 427 g/mol. The zero-order valence-electron chi connectivity index (χ0n) is 7.73. The monoisotopic (exact) mass is 424 g/mol. The van der Waals surface area contributed by atoms with Gasteiger partial charge in [0.15, 0.2) is 0 Å². The van der Waals surface area contributed by atoms with E-state index in [0.717, 1.165) is 4.47 Å². The quantitative estimate of drug-likeness (QED) is 0.590. The van der Waals surface area contributed by atoms with Crippen molar-refractivity contribution in [3.8, 4) is 0 Å². The van der Waals surface area contributed by atoms with Crippen LogP contribution < -0.4 is 0 Å². The van der Waals surface area contributed by atoms with Crippen LogP contribution in [0.2, 0.25) is 0 Å². The van der Waals surface area contributed by atoms with Gasteiger partial charge >= 0.3 is 16.5 Å². The molecule has 0 aliphatic carbocycles. The summed E-state index contributed by atoms with van der Waals surface area (Å²) in [7, 11) is 9.63. The molecule has 100 valence electrons. The molecule has 0 heterocycles. The maximum Gasteiger partial charge on any atom is 0.317 e.